The van der Waals surface area contributed by atoms with E-state index in [1.807, 2.05) is 0 Å². The Labute approximate surface area is 102 Å². The normalized spacial score (nSPS) is 28.3. The van der Waals surface area contributed by atoms with Crippen LogP contribution < -0.4 is 10.6 Å². The van der Waals surface area contributed by atoms with Crippen LogP contribution in [0.25, 0.3) is 0 Å². The number of hydrogen-bond donors (Lipinski definition) is 5. The van der Waals surface area contributed by atoms with Crippen LogP contribution in [-0.4, -0.2) is 54.4 Å². The quantitative estimate of drug-likeness (QED) is 0.364. The predicted octanol–water partition coefficient (Wildman–Crippen LogP) is -1.11. The topological polar surface area (TPSA) is 102 Å². The lowest BCUT2D eigenvalue weighted by atomic mass is 9.72. The lowest BCUT2D eigenvalue weighted by Crippen LogP contribution is -2.48. The molecule has 6 nitrogen and oxygen atoms in total. The first-order chi connectivity index (χ1) is 8.02. The van der Waals surface area contributed by atoms with Gasteiger partial charge in [-0.2, -0.15) is 0 Å². The second-order valence-electron chi connectivity index (χ2n) is 4.74. The number of carboxylic acids is 1. The molecule has 1 heterocycles. The van der Waals surface area contributed by atoms with Crippen LogP contribution in [-0.2, 0) is 4.79 Å². The van der Waals surface area contributed by atoms with E-state index in [1.54, 1.807) is 7.05 Å². The van der Waals surface area contributed by atoms with Crippen molar-refractivity contribution in [3.8, 4) is 0 Å². The minimum Gasteiger partial charge on any atom is -0.480 e. The van der Waals surface area contributed by atoms with E-state index in [0.717, 1.165) is 6.42 Å². The fourth-order valence-electron chi connectivity index (χ4n) is 2.71. The Kier molecular flexibility index (Phi) is 5.39. The Morgan fingerprint density at radius 3 is 2.82 bits per heavy atom. The van der Waals surface area contributed by atoms with Gasteiger partial charge in [0, 0.05) is 12.0 Å². The lowest BCUT2D eigenvalue weighted by molar-refractivity contribution is -0.142. The lowest BCUT2D eigenvalue weighted by Gasteiger charge is -2.32. The average Bonchev–Trinajstić information content (AvgIpc) is 2.62. The van der Waals surface area contributed by atoms with Crippen molar-refractivity contribution in [2.24, 2.45) is 5.41 Å². The number of aliphatic carboxylic acids is 1. The minimum absolute atomic E-state index is 0.289. The summed E-state index contributed by atoms with van der Waals surface area (Å²) >= 11 is 0. The Bertz CT molecular complexity index is 265. The van der Waals surface area contributed by atoms with Crippen molar-refractivity contribution in [1.82, 2.24) is 10.6 Å². The molecule has 0 aromatic rings. The molecule has 5 N–H and O–H groups in total. The summed E-state index contributed by atoms with van der Waals surface area (Å²) in [5, 5.41) is 32.9. The molecule has 1 aliphatic rings. The van der Waals surface area contributed by atoms with E-state index < -0.39 is 19.1 Å². The first kappa shape index (κ1) is 14.4. The van der Waals surface area contributed by atoms with Crippen LogP contribution in [0.3, 0.4) is 0 Å². The monoisotopic (exact) mass is 244 g/mol. The third-order valence-corrected chi connectivity index (χ3v) is 3.50. The van der Waals surface area contributed by atoms with Crippen molar-refractivity contribution in [3.05, 3.63) is 0 Å². The molecule has 0 aliphatic carbocycles. The second-order valence-corrected chi connectivity index (χ2v) is 4.74. The van der Waals surface area contributed by atoms with Gasteiger partial charge in [-0.3, -0.25) is 4.79 Å². The van der Waals surface area contributed by atoms with Gasteiger partial charge in [0.15, 0.2) is 0 Å². The van der Waals surface area contributed by atoms with Crippen molar-refractivity contribution < 1.29 is 19.9 Å². The van der Waals surface area contributed by atoms with Crippen molar-refractivity contribution in [1.29, 1.82) is 0 Å². The van der Waals surface area contributed by atoms with Gasteiger partial charge in [0.1, 0.15) is 6.04 Å². The van der Waals surface area contributed by atoms with Crippen LogP contribution in [0.2, 0.25) is 6.32 Å². The first-order valence-electron chi connectivity index (χ1n) is 5.99. The summed E-state index contributed by atoms with van der Waals surface area (Å²) in [6.45, 7) is 1.32. The standard InChI is InChI=1S/C10H21BN2O4/c1-12-7-10(3-2-5-11(16)17)4-6-13-8(10)9(14)15/h8,12-13,16-17H,2-7H2,1H3,(H,14,15). The summed E-state index contributed by atoms with van der Waals surface area (Å²) in [5.41, 5.74) is -0.324. The van der Waals surface area contributed by atoms with Gasteiger partial charge in [-0.05, 0) is 32.8 Å². The largest absolute Gasteiger partial charge is 0.480 e. The molecule has 1 fully saturated rings. The maximum atomic E-state index is 11.2. The van der Waals surface area contributed by atoms with E-state index in [1.165, 1.54) is 0 Å². The molecule has 0 bridgehead atoms. The molecule has 0 aromatic heterocycles. The van der Waals surface area contributed by atoms with Gasteiger partial charge in [0.2, 0.25) is 0 Å². The zero-order valence-corrected chi connectivity index (χ0v) is 10.1. The Hall–Kier alpha value is -0.625. The molecule has 0 aromatic carbocycles. The van der Waals surface area contributed by atoms with Crippen molar-refractivity contribution in [3.63, 3.8) is 0 Å². The molecule has 1 rings (SSSR count). The predicted molar refractivity (Wildman–Crippen MR) is 64.6 cm³/mol. The molecule has 17 heavy (non-hydrogen) atoms. The first-order valence-corrected chi connectivity index (χ1v) is 5.99. The summed E-state index contributed by atoms with van der Waals surface area (Å²) in [7, 11) is 0.499. The highest BCUT2D eigenvalue weighted by molar-refractivity contribution is 6.40. The number of rotatable bonds is 7. The molecule has 1 aliphatic heterocycles. The Morgan fingerprint density at radius 2 is 2.29 bits per heavy atom. The van der Waals surface area contributed by atoms with E-state index in [9.17, 15) is 9.90 Å². The smallest absolute Gasteiger partial charge is 0.451 e. The summed E-state index contributed by atoms with van der Waals surface area (Å²) < 4.78 is 0. The van der Waals surface area contributed by atoms with Gasteiger partial charge in [0.25, 0.3) is 0 Å². The van der Waals surface area contributed by atoms with Gasteiger partial charge in [-0.25, -0.2) is 0 Å². The van der Waals surface area contributed by atoms with Gasteiger partial charge in [-0.1, -0.05) is 6.42 Å². The van der Waals surface area contributed by atoms with E-state index in [0.29, 0.717) is 25.9 Å². The van der Waals surface area contributed by atoms with Crippen LogP contribution >= 0.6 is 0 Å². The molecule has 0 amide bonds. The summed E-state index contributed by atoms with van der Waals surface area (Å²) in [5.74, 6) is -0.831. The highest BCUT2D eigenvalue weighted by atomic mass is 16.4. The van der Waals surface area contributed by atoms with Gasteiger partial charge < -0.3 is 25.8 Å². The maximum absolute atomic E-state index is 11.2. The van der Waals surface area contributed by atoms with E-state index in [2.05, 4.69) is 10.6 Å². The molecule has 1 saturated heterocycles. The molecule has 0 saturated carbocycles. The summed E-state index contributed by atoms with van der Waals surface area (Å²) in [4.78, 5) is 11.2. The molecular weight excluding hydrogens is 223 g/mol. The van der Waals surface area contributed by atoms with Crippen LogP contribution in [0.5, 0.6) is 0 Å². The van der Waals surface area contributed by atoms with Gasteiger partial charge in [-0.15, -0.1) is 0 Å². The van der Waals surface area contributed by atoms with E-state index >= 15 is 0 Å². The van der Waals surface area contributed by atoms with E-state index in [4.69, 9.17) is 10.0 Å². The van der Waals surface area contributed by atoms with Crippen LogP contribution in [0.15, 0.2) is 0 Å². The van der Waals surface area contributed by atoms with Crippen LogP contribution in [0, 0.1) is 5.41 Å². The third kappa shape index (κ3) is 3.67. The summed E-state index contributed by atoms with van der Waals surface area (Å²) in [6, 6.07) is -0.550. The number of nitrogens with one attached hydrogen (secondary N) is 2. The van der Waals surface area contributed by atoms with Crippen LogP contribution in [0.4, 0.5) is 0 Å². The SMILES string of the molecule is CNCC1(CCCB(O)O)CCNC1C(=O)O. The zero-order valence-electron chi connectivity index (χ0n) is 10.1. The molecular formula is C10H21BN2O4. The molecule has 0 radical (unpaired) electrons. The highest BCUT2D eigenvalue weighted by Gasteiger charge is 2.45. The molecule has 2 atom stereocenters. The van der Waals surface area contributed by atoms with Gasteiger partial charge >= 0.3 is 13.1 Å². The van der Waals surface area contributed by atoms with Crippen molar-refractivity contribution in [2.45, 2.75) is 31.6 Å². The fourth-order valence-corrected chi connectivity index (χ4v) is 2.71. The maximum Gasteiger partial charge on any atom is 0.451 e. The Morgan fingerprint density at radius 1 is 1.59 bits per heavy atom. The third-order valence-electron chi connectivity index (χ3n) is 3.50. The zero-order chi connectivity index (χ0) is 12.9. The van der Waals surface area contributed by atoms with E-state index in [-0.39, 0.29) is 11.7 Å². The minimum atomic E-state index is -1.31. The molecule has 0 spiro atoms. The Balaban J connectivity index is 2.63. The number of hydrogen-bond acceptors (Lipinski definition) is 5. The van der Waals surface area contributed by atoms with Crippen molar-refractivity contribution >= 4 is 13.1 Å². The average molecular weight is 244 g/mol. The van der Waals surface area contributed by atoms with Crippen LogP contribution in [0.1, 0.15) is 19.3 Å². The number of carbonyl (C=O) groups is 1. The van der Waals surface area contributed by atoms with Crippen molar-refractivity contribution in [2.75, 3.05) is 20.1 Å². The van der Waals surface area contributed by atoms with Gasteiger partial charge in [0.05, 0.1) is 0 Å². The molecule has 2 unspecified atom stereocenters. The number of carboxylic acid groups (broad SMARTS) is 1. The molecule has 7 heteroatoms. The fraction of sp³-hybridized carbons (Fsp3) is 0.900. The molecule has 98 valence electrons. The second kappa shape index (κ2) is 6.35. The highest BCUT2D eigenvalue weighted by Crippen LogP contribution is 2.36. The summed E-state index contributed by atoms with van der Waals surface area (Å²) in [6.07, 6.45) is 2.38.